The average Bonchev–Trinajstić information content (AvgIpc) is 2.90. The summed E-state index contributed by atoms with van der Waals surface area (Å²) < 4.78 is 16.1. The van der Waals surface area contributed by atoms with Crippen molar-refractivity contribution >= 4 is 0 Å². The van der Waals surface area contributed by atoms with Gasteiger partial charge in [0.25, 0.3) is 0 Å². The van der Waals surface area contributed by atoms with E-state index >= 15 is 0 Å². The van der Waals surface area contributed by atoms with E-state index in [-0.39, 0.29) is 6.04 Å². The Hall–Kier alpha value is -1.68. The van der Waals surface area contributed by atoms with Crippen molar-refractivity contribution in [1.29, 1.82) is 0 Å². The van der Waals surface area contributed by atoms with Crippen molar-refractivity contribution in [1.82, 2.24) is 0 Å². The van der Waals surface area contributed by atoms with Crippen LogP contribution < -0.4 is 15.2 Å². The molecule has 2 N–H and O–H groups in total. The van der Waals surface area contributed by atoms with Crippen molar-refractivity contribution < 1.29 is 14.2 Å². The van der Waals surface area contributed by atoms with Gasteiger partial charge in [-0.15, -0.1) is 0 Å². The van der Waals surface area contributed by atoms with E-state index in [9.17, 15) is 0 Å². The highest BCUT2D eigenvalue weighted by atomic mass is 16.5. The van der Waals surface area contributed by atoms with Crippen LogP contribution in [-0.2, 0) is 4.74 Å². The van der Waals surface area contributed by atoms with Crippen molar-refractivity contribution in [3.05, 3.63) is 35.6 Å². The Bertz CT molecular complexity index is 429. The fourth-order valence-corrected chi connectivity index (χ4v) is 1.96. The zero-order chi connectivity index (χ0) is 12.3. The van der Waals surface area contributed by atoms with Crippen LogP contribution in [0.25, 0.3) is 0 Å². The highest BCUT2D eigenvalue weighted by molar-refractivity contribution is 5.49. The molecule has 1 atom stereocenters. The Kier molecular flexibility index (Phi) is 3.54. The normalized spacial score (nSPS) is 16.1. The summed E-state index contributed by atoms with van der Waals surface area (Å²) >= 11 is 0. The molecule has 0 saturated heterocycles. The van der Waals surface area contributed by atoms with Crippen LogP contribution in [0.2, 0.25) is 0 Å². The van der Waals surface area contributed by atoms with Gasteiger partial charge < -0.3 is 19.9 Å². The number of hydrogen-bond acceptors (Lipinski definition) is 4. The molecule has 0 radical (unpaired) electrons. The summed E-state index contributed by atoms with van der Waals surface area (Å²) in [7, 11) is 3.22. The lowest BCUT2D eigenvalue weighted by molar-refractivity contribution is 0.224. The molecule has 17 heavy (non-hydrogen) atoms. The fraction of sp³-hybridized carbons (Fsp3) is 0.385. The molecule has 4 heteroatoms. The number of para-hydroxylation sites is 1. The molecule has 92 valence electrons. The summed E-state index contributed by atoms with van der Waals surface area (Å²) in [5.74, 6) is 2.15. The number of nitrogens with two attached hydrogens (primary N) is 1. The number of ether oxygens (including phenoxy) is 3. The lowest BCUT2D eigenvalue weighted by Crippen LogP contribution is -2.15. The topological polar surface area (TPSA) is 53.7 Å². The largest absolute Gasteiger partial charge is 0.496 e. The van der Waals surface area contributed by atoms with Gasteiger partial charge in [-0.05, 0) is 12.1 Å². The third-order valence-corrected chi connectivity index (χ3v) is 2.81. The SMILES string of the molecule is COc1cccc(C(N)C2=CCCO2)c1OC. The summed E-state index contributed by atoms with van der Waals surface area (Å²) in [6.07, 6.45) is 2.93. The van der Waals surface area contributed by atoms with E-state index in [1.165, 1.54) is 0 Å². The fourth-order valence-electron chi connectivity index (χ4n) is 1.96. The number of benzene rings is 1. The van der Waals surface area contributed by atoms with Crippen LogP contribution in [0, 0.1) is 0 Å². The van der Waals surface area contributed by atoms with Crippen molar-refractivity contribution in [2.45, 2.75) is 12.5 Å². The Morgan fingerprint density at radius 1 is 1.29 bits per heavy atom. The summed E-state index contributed by atoms with van der Waals surface area (Å²) in [4.78, 5) is 0. The van der Waals surface area contributed by atoms with Crippen LogP contribution in [0.1, 0.15) is 18.0 Å². The zero-order valence-electron chi connectivity index (χ0n) is 10.1. The molecule has 0 bridgehead atoms. The van der Waals surface area contributed by atoms with Gasteiger partial charge in [0.05, 0.1) is 26.9 Å². The molecular weight excluding hydrogens is 218 g/mol. The highest BCUT2D eigenvalue weighted by Crippen LogP contribution is 2.37. The third-order valence-electron chi connectivity index (χ3n) is 2.81. The zero-order valence-corrected chi connectivity index (χ0v) is 10.1. The maximum absolute atomic E-state index is 6.17. The average molecular weight is 235 g/mol. The maximum Gasteiger partial charge on any atom is 0.165 e. The Morgan fingerprint density at radius 3 is 2.71 bits per heavy atom. The van der Waals surface area contributed by atoms with E-state index in [4.69, 9.17) is 19.9 Å². The van der Waals surface area contributed by atoms with Crippen LogP contribution in [-0.4, -0.2) is 20.8 Å². The lowest BCUT2D eigenvalue weighted by atomic mass is 10.0. The molecule has 1 aromatic rings. The van der Waals surface area contributed by atoms with E-state index in [2.05, 4.69) is 0 Å². The molecular formula is C13H17NO3. The van der Waals surface area contributed by atoms with Crippen LogP contribution in [0.4, 0.5) is 0 Å². The van der Waals surface area contributed by atoms with Gasteiger partial charge in [-0.3, -0.25) is 0 Å². The van der Waals surface area contributed by atoms with Gasteiger partial charge in [0.15, 0.2) is 11.5 Å². The quantitative estimate of drug-likeness (QED) is 0.867. The predicted molar refractivity (Wildman–Crippen MR) is 65.1 cm³/mol. The van der Waals surface area contributed by atoms with Crippen molar-refractivity contribution in [3.8, 4) is 11.5 Å². The molecule has 4 nitrogen and oxygen atoms in total. The molecule has 1 aliphatic rings. The van der Waals surface area contributed by atoms with Gasteiger partial charge in [-0.2, -0.15) is 0 Å². The third kappa shape index (κ3) is 2.22. The first-order chi connectivity index (χ1) is 8.27. The monoisotopic (exact) mass is 235 g/mol. The molecule has 2 rings (SSSR count). The van der Waals surface area contributed by atoms with Gasteiger partial charge in [-0.25, -0.2) is 0 Å². The van der Waals surface area contributed by atoms with E-state index in [1.54, 1.807) is 14.2 Å². The minimum absolute atomic E-state index is 0.303. The molecule has 0 saturated carbocycles. The van der Waals surface area contributed by atoms with Crippen LogP contribution in [0.15, 0.2) is 30.0 Å². The molecule has 0 amide bonds. The van der Waals surface area contributed by atoms with Gasteiger partial charge in [0, 0.05) is 12.0 Å². The Labute approximate surface area is 101 Å². The molecule has 0 aliphatic carbocycles. The van der Waals surface area contributed by atoms with Crippen LogP contribution in [0.3, 0.4) is 0 Å². The van der Waals surface area contributed by atoms with E-state index in [0.29, 0.717) is 18.1 Å². The highest BCUT2D eigenvalue weighted by Gasteiger charge is 2.21. The van der Waals surface area contributed by atoms with Crippen LogP contribution in [0.5, 0.6) is 11.5 Å². The molecule has 1 unspecified atom stereocenters. The van der Waals surface area contributed by atoms with Crippen molar-refractivity contribution in [3.63, 3.8) is 0 Å². The second kappa shape index (κ2) is 5.10. The summed E-state index contributed by atoms with van der Waals surface area (Å²) in [6, 6.07) is 5.36. The number of rotatable bonds is 4. The Morgan fingerprint density at radius 2 is 2.12 bits per heavy atom. The standard InChI is InChI=1S/C13H17NO3/c1-15-11-6-3-5-9(13(11)16-2)12(14)10-7-4-8-17-10/h3,5-7,12H,4,8,14H2,1-2H3. The maximum atomic E-state index is 6.17. The summed E-state index contributed by atoms with van der Waals surface area (Å²) in [5.41, 5.74) is 7.05. The first-order valence-corrected chi connectivity index (χ1v) is 5.57. The summed E-state index contributed by atoms with van der Waals surface area (Å²) in [6.45, 7) is 0.704. The van der Waals surface area contributed by atoms with E-state index in [1.807, 2.05) is 24.3 Å². The van der Waals surface area contributed by atoms with E-state index < -0.39 is 0 Å². The van der Waals surface area contributed by atoms with Gasteiger partial charge >= 0.3 is 0 Å². The molecule has 0 spiro atoms. The minimum atomic E-state index is -0.303. The summed E-state index contributed by atoms with van der Waals surface area (Å²) in [5, 5.41) is 0. The molecule has 1 heterocycles. The molecule has 1 aromatic carbocycles. The number of hydrogen-bond donors (Lipinski definition) is 1. The second-order valence-electron chi connectivity index (χ2n) is 3.80. The van der Waals surface area contributed by atoms with E-state index in [0.717, 1.165) is 17.7 Å². The number of methoxy groups -OCH3 is 2. The lowest BCUT2D eigenvalue weighted by Gasteiger charge is -2.18. The van der Waals surface area contributed by atoms with Crippen molar-refractivity contribution in [2.24, 2.45) is 5.73 Å². The smallest absolute Gasteiger partial charge is 0.165 e. The minimum Gasteiger partial charge on any atom is -0.496 e. The predicted octanol–water partition coefficient (Wildman–Crippen LogP) is 2.01. The molecule has 1 aliphatic heterocycles. The van der Waals surface area contributed by atoms with Crippen molar-refractivity contribution in [2.75, 3.05) is 20.8 Å². The first-order valence-electron chi connectivity index (χ1n) is 5.57. The van der Waals surface area contributed by atoms with Crippen LogP contribution >= 0.6 is 0 Å². The Balaban J connectivity index is 2.36. The molecule has 0 aromatic heterocycles. The molecule has 0 fully saturated rings. The first kappa shape index (κ1) is 11.8. The second-order valence-corrected chi connectivity index (χ2v) is 3.80. The van der Waals surface area contributed by atoms with Gasteiger partial charge in [0.2, 0.25) is 0 Å². The van der Waals surface area contributed by atoms with Gasteiger partial charge in [0.1, 0.15) is 5.76 Å². The van der Waals surface area contributed by atoms with Gasteiger partial charge in [-0.1, -0.05) is 12.1 Å².